The second-order valence-corrected chi connectivity index (χ2v) is 17.2. The fourth-order valence-electron chi connectivity index (χ4n) is 11.3. The molecule has 5 rings (SSSR count). The van der Waals surface area contributed by atoms with Crippen molar-refractivity contribution in [1.82, 2.24) is 5.32 Å². The minimum atomic E-state index is -2.79. The average Bonchev–Trinajstić information content (AvgIpc) is 3.40. The lowest BCUT2D eigenvalue weighted by atomic mass is 9.47. The van der Waals surface area contributed by atoms with Crippen LogP contribution in [0.25, 0.3) is 0 Å². The minimum Gasteiger partial charge on any atom is -0.477 e. The number of ether oxygens (including phenoxy) is 2. The number of carboxylic acids is 1. The van der Waals surface area contributed by atoms with Gasteiger partial charge in [0.05, 0.1) is 18.8 Å². The summed E-state index contributed by atoms with van der Waals surface area (Å²) in [4.78, 5) is 24.8. The zero-order chi connectivity index (χ0) is 36.1. The van der Waals surface area contributed by atoms with E-state index in [2.05, 4.69) is 46.0 Å². The first-order valence-corrected chi connectivity index (χ1v) is 18.9. The predicted octanol–water partition coefficient (Wildman–Crippen LogP) is 3.53. The minimum absolute atomic E-state index is 0.0481. The lowest BCUT2D eigenvalue weighted by Gasteiger charge is -2.59. The number of nitrogens with one attached hydrogen (secondary N) is 1. The molecule has 11 heteroatoms. The Morgan fingerprint density at radius 1 is 1.04 bits per heavy atom. The van der Waals surface area contributed by atoms with E-state index in [0.717, 1.165) is 37.5 Å². The molecule has 0 aromatic rings. The molecule has 11 nitrogen and oxygen atoms in total. The molecule has 1 saturated heterocycles. The van der Waals surface area contributed by atoms with Crippen LogP contribution < -0.4 is 5.32 Å². The van der Waals surface area contributed by atoms with Crippen LogP contribution in [0.1, 0.15) is 112 Å². The van der Waals surface area contributed by atoms with E-state index in [1.165, 1.54) is 50.5 Å². The number of carbonyl (C=O) groups excluding carboxylic acids is 1. The second-order valence-electron chi connectivity index (χ2n) is 17.2. The molecule has 7 N–H and O–H groups in total. The van der Waals surface area contributed by atoms with Gasteiger partial charge in [-0.05, 0) is 97.7 Å². The first kappa shape index (κ1) is 38.6. The molecule has 0 bridgehead atoms. The number of aliphatic hydroxyl groups is 5. The topological polar surface area (TPSA) is 186 Å². The molecule has 4 aliphatic carbocycles. The molecule has 1 amide bonds. The molecule has 3 saturated carbocycles. The van der Waals surface area contributed by atoms with E-state index < -0.39 is 66.9 Å². The Kier molecular flexibility index (Phi) is 11.7. The fraction of sp³-hybridized carbons (Fsp3) is 0.895. The van der Waals surface area contributed by atoms with Crippen molar-refractivity contribution in [1.29, 1.82) is 0 Å². The lowest BCUT2D eigenvalue weighted by molar-refractivity contribution is -0.358. The van der Waals surface area contributed by atoms with Crippen molar-refractivity contribution in [2.75, 3.05) is 6.61 Å². The van der Waals surface area contributed by atoms with E-state index in [4.69, 9.17) is 9.47 Å². The molecular formula is C38H63NO10. The molecule has 1 heterocycles. The molecule has 280 valence electrons. The van der Waals surface area contributed by atoms with Crippen molar-refractivity contribution in [3.8, 4) is 0 Å². The normalized spacial score (nSPS) is 43.8. The maximum absolute atomic E-state index is 12.9. The third kappa shape index (κ3) is 6.99. The van der Waals surface area contributed by atoms with Crippen LogP contribution in [-0.4, -0.2) is 97.6 Å². The highest BCUT2D eigenvalue weighted by atomic mass is 16.7. The van der Waals surface area contributed by atoms with E-state index in [1.54, 1.807) is 0 Å². The van der Waals surface area contributed by atoms with Gasteiger partial charge in [-0.1, -0.05) is 65.5 Å². The van der Waals surface area contributed by atoms with Gasteiger partial charge in [0.15, 0.2) is 0 Å². The number of aliphatic hydroxyl groups excluding tert-OH is 5. The largest absolute Gasteiger partial charge is 0.477 e. The number of rotatable bonds is 12. The van der Waals surface area contributed by atoms with Crippen LogP contribution >= 0.6 is 0 Å². The average molecular weight is 694 g/mol. The summed E-state index contributed by atoms with van der Waals surface area (Å²) in [7, 11) is 0. The van der Waals surface area contributed by atoms with E-state index in [9.17, 15) is 40.2 Å². The van der Waals surface area contributed by atoms with Crippen molar-refractivity contribution in [3.63, 3.8) is 0 Å². The molecule has 0 radical (unpaired) electrons. The summed E-state index contributed by atoms with van der Waals surface area (Å²) in [5.41, 5.74) is 1.55. The van der Waals surface area contributed by atoms with Gasteiger partial charge >= 0.3 is 5.97 Å². The molecule has 49 heavy (non-hydrogen) atoms. The summed E-state index contributed by atoms with van der Waals surface area (Å²) >= 11 is 0. The maximum atomic E-state index is 12.9. The quantitative estimate of drug-likeness (QED) is 0.149. The Morgan fingerprint density at radius 2 is 1.76 bits per heavy atom. The highest BCUT2D eigenvalue weighted by Crippen LogP contribution is 2.67. The summed E-state index contributed by atoms with van der Waals surface area (Å²) in [5.74, 6) is -1.03. The van der Waals surface area contributed by atoms with Crippen LogP contribution in [-0.2, 0) is 19.1 Å². The van der Waals surface area contributed by atoms with Gasteiger partial charge < -0.3 is 45.4 Å². The Bertz CT molecular complexity index is 1230. The number of aliphatic carboxylic acids is 1. The van der Waals surface area contributed by atoms with Gasteiger partial charge in [0.2, 0.25) is 5.91 Å². The standard InChI is InChI=1S/C38H63NO10/c1-20(2)8-7-9-21(3)26-12-13-27-25-11-10-23-18-24(14-16-36(23,5)28(25)15-17-37(26,27)6)48-38(35(46)47)34(45)32(44)30(39-22(4)41)33(49-38)31(43)29(42)19-40/h10,20-21,24-34,40,42-45H,7-9,11-19H2,1-6H3,(H,39,41)(H,46,47). The Balaban J connectivity index is 1.33. The molecular weight excluding hydrogens is 630 g/mol. The van der Waals surface area contributed by atoms with Crippen LogP contribution in [0, 0.1) is 46.3 Å². The highest BCUT2D eigenvalue weighted by Gasteiger charge is 2.64. The number of hydrogen-bond donors (Lipinski definition) is 7. The molecule has 0 aromatic carbocycles. The van der Waals surface area contributed by atoms with Gasteiger partial charge in [-0.3, -0.25) is 4.79 Å². The van der Waals surface area contributed by atoms with E-state index >= 15 is 0 Å². The molecule has 0 spiro atoms. The van der Waals surface area contributed by atoms with E-state index in [0.29, 0.717) is 36.0 Å². The first-order chi connectivity index (χ1) is 23.0. The van der Waals surface area contributed by atoms with Crippen LogP contribution in [0.15, 0.2) is 11.6 Å². The van der Waals surface area contributed by atoms with Gasteiger partial charge in [-0.15, -0.1) is 0 Å². The lowest BCUT2D eigenvalue weighted by Crippen LogP contribution is -2.74. The number of amides is 1. The second kappa shape index (κ2) is 14.8. The summed E-state index contributed by atoms with van der Waals surface area (Å²) in [6.07, 6.45) is 3.91. The van der Waals surface area contributed by atoms with Crippen LogP contribution in [0.2, 0.25) is 0 Å². The third-order valence-corrected chi connectivity index (χ3v) is 13.9. The number of allylic oxidation sites excluding steroid dienone is 1. The van der Waals surface area contributed by atoms with E-state index in [-0.39, 0.29) is 5.41 Å². The zero-order valence-corrected chi connectivity index (χ0v) is 30.4. The number of carboxylic acid groups (broad SMARTS) is 1. The van der Waals surface area contributed by atoms with Crippen molar-refractivity contribution >= 4 is 11.9 Å². The highest BCUT2D eigenvalue weighted by molar-refractivity contribution is 5.77. The summed E-state index contributed by atoms with van der Waals surface area (Å²) < 4.78 is 12.0. The number of hydrogen-bond acceptors (Lipinski definition) is 9. The van der Waals surface area contributed by atoms with Crippen molar-refractivity contribution in [2.24, 2.45) is 46.3 Å². The zero-order valence-electron chi connectivity index (χ0n) is 30.4. The van der Waals surface area contributed by atoms with Gasteiger partial charge in [0.25, 0.3) is 5.79 Å². The molecule has 15 atom stereocenters. The van der Waals surface area contributed by atoms with Crippen LogP contribution in [0.5, 0.6) is 0 Å². The Hall–Kier alpha value is -1.60. The predicted molar refractivity (Wildman–Crippen MR) is 182 cm³/mol. The SMILES string of the molecule is CC(=O)NC1C(O)C(O)C(OC2CCC3(C)C(=CCC4C3CCC3(C)C(C(C)CCCC(C)C)CCC43)C2)(C(=O)O)OC1C(O)C(O)CO. The summed E-state index contributed by atoms with van der Waals surface area (Å²) in [6, 6.07) is -1.48. The maximum Gasteiger partial charge on any atom is 0.367 e. The Morgan fingerprint density at radius 3 is 2.39 bits per heavy atom. The molecule has 0 aromatic heterocycles. The van der Waals surface area contributed by atoms with Crippen LogP contribution in [0.4, 0.5) is 0 Å². The monoisotopic (exact) mass is 693 g/mol. The fourth-order valence-corrected chi connectivity index (χ4v) is 11.3. The molecule has 1 aliphatic heterocycles. The summed E-state index contributed by atoms with van der Waals surface area (Å²) in [5, 5.41) is 65.6. The van der Waals surface area contributed by atoms with Crippen molar-refractivity contribution in [2.45, 2.75) is 161 Å². The first-order valence-electron chi connectivity index (χ1n) is 18.9. The van der Waals surface area contributed by atoms with Gasteiger partial charge in [0.1, 0.15) is 30.5 Å². The van der Waals surface area contributed by atoms with Gasteiger partial charge in [-0.2, -0.15) is 0 Å². The smallest absolute Gasteiger partial charge is 0.367 e. The Labute approximate surface area is 291 Å². The van der Waals surface area contributed by atoms with E-state index in [1.807, 2.05) is 0 Å². The van der Waals surface area contributed by atoms with Gasteiger partial charge in [-0.25, -0.2) is 4.79 Å². The van der Waals surface area contributed by atoms with Crippen molar-refractivity contribution in [3.05, 3.63) is 11.6 Å². The third-order valence-electron chi connectivity index (χ3n) is 13.9. The molecule has 4 fully saturated rings. The molecule has 15 unspecified atom stereocenters. The number of fused-ring (bicyclic) bond motifs is 5. The summed E-state index contributed by atoms with van der Waals surface area (Å²) in [6.45, 7) is 12.3. The molecule has 5 aliphatic rings. The van der Waals surface area contributed by atoms with Crippen molar-refractivity contribution < 1.29 is 49.7 Å². The number of carbonyl (C=O) groups is 2. The van der Waals surface area contributed by atoms with Crippen LogP contribution in [0.3, 0.4) is 0 Å². The van der Waals surface area contributed by atoms with Gasteiger partial charge in [0, 0.05) is 6.92 Å².